The summed E-state index contributed by atoms with van der Waals surface area (Å²) < 4.78 is 11.1. The van der Waals surface area contributed by atoms with Gasteiger partial charge in [0.2, 0.25) is 0 Å². The maximum Gasteiger partial charge on any atom is 0.191 e. The van der Waals surface area contributed by atoms with Crippen LogP contribution in [0.1, 0.15) is 18.1 Å². The summed E-state index contributed by atoms with van der Waals surface area (Å²) in [6, 6.07) is 18.0. The van der Waals surface area contributed by atoms with Crippen LogP contribution >= 0.6 is 0 Å². The first-order valence-electron chi connectivity index (χ1n) is 9.86. The van der Waals surface area contributed by atoms with Crippen molar-refractivity contribution >= 4 is 16.9 Å². The normalized spacial score (nSPS) is 11.4. The van der Waals surface area contributed by atoms with Crippen LogP contribution in [0.4, 0.5) is 0 Å². The van der Waals surface area contributed by atoms with Crippen molar-refractivity contribution in [3.05, 3.63) is 71.9 Å². The molecule has 6 heteroatoms. The number of aromatic nitrogens is 1. The van der Waals surface area contributed by atoms with Crippen molar-refractivity contribution < 1.29 is 9.47 Å². The molecule has 0 spiro atoms. The Morgan fingerprint density at radius 3 is 2.69 bits per heavy atom. The molecule has 1 heterocycles. The Bertz CT molecular complexity index is 938. The Balaban J connectivity index is 1.52. The van der Waals surface area contributed by atoms with E-state index in [4.69, 9.17) is 14.5 Å². The number of methoxy groups -OCH3 is 1. The quantitative estimate of drug-likeness (QED) is 0.331. The third kappa shape index (κ3) is 5.93. The van der Waals surface area contributed by atoms with Crippen molar-refractivity contribution in [3.8, 4) is 5.75 Å². The van der Waals surface area contributed by atoms with Crippen LogP contribution in [0, 0.1) is 0 Å². The van der Waals surface area contributed by atoms with Crippen LogP contribution in [0.3, 0.4) is 0 Å². The zero-order chi connectivity index (χ0) is 20.3. The molecule has 0 radical (unpaired) electrons. The average Bonchev–Trinajstić information content (AvgIpc) is 2.77. The number of benzene rings is 2. The number of para-hydroxylation sites is 2. The fourth-order valence-electron chi connectivity index (χ4n) is 3.04. The Labute approximate surface area is 172 Å². The van der Waals surface area contributed by atoms with Crippen LogP contribution in [-0.2, 0) is 17.9 Å². The second kappa shape index (κ2) is 11.0. The van der Waals surface area contributed by atoms with Gasteiger partial charge in [0.1, 0.15) is 5.75 Å². The summed E-state index contributed by atoms with van der Waals surface area (Å²) in [5.41, 5.74) is 3.18. The van der Waals surface area contributed by atoms with Gasteiger partial charge in [-0.25, -0.2) is 4.99 Å². The van der Waals surface area contributed by atoms with E-state index in [2.05, 4.69) is 28.6 Å². The minimum Gasteiger partial charge on any atom is -0.496 e. The average molecular weight is 393 g/mol. The van der Waals surface area contributed by atoms with Crippen LogP contribution in [-0.4, -0.2) is 37.7 Å². The summed E-state index contributed by atoms with van der Waals surface area (Å²) >= 11 is 0. The van der Waals surface area contributed by atoms with E-state index in [9.17, 15) is 0 Å². The predicted octanol–water partition coefficient (Wildman–Crippen LogP) is 3.52. The lowest BCUT2D eigenvalue weighted by Gasteiger charge is -2.13. The van der Waals surface area contributed by atoms with Crippen molar-refractivity contribution in [3.63, 3.8) is 0 Å². The van der Waals surface area contributed by atoms with Gasteiger partial charge in [-0.1, -0.05) is 36.4 Å². The molecule has 152 valence electrons. The van der Waals surface area contributed by atoms with Gasteiger partial charge in [0.05, 0.1) is 32.4 Å². The number of nitrogens with one attached hydrogen (secondary N) is 2. The number of nitrogens with zero attached hydrogens (tertiary/aromatic N) is 2. The molecule has 6 nitrogen and oxygen atoms in total. The second-order valence-electron chi connectivity index (χ2n) is 6.47. The van der Waals surface area contributed by atoms with E-state index in [1.807, 2.05) is 54.7 Å². The van der Waals surface area contributed by atoms with E-state index >= 15 is 0 Å². The molecular weight excluding hydrogens is 364 g/mol. The highest BCUT2D eigenvalue weighted by Crippen LogP contribution is 2.18. The zero-order valence-corrected chi connectivity index (χ0v) is 17.0. The molecule has 0 saturated carbocycles. The van der Waals surface area contributed by atoms with Gasteiger partial charge >= 0.3 is 0 Å². The van der Waals surface area contributed by atoms with Crippen LogP contribution in [0.25, 0.3) is 10.9 Å². The monoisotopic (exact) mass is 392 g/mol. The van der Waals surface area contributed by atoms with Crippen molar-refractivity contribution in [1.29, 1.82) is 0 Å². The predicted molar refractivity (Wildman–Crippen MR) is 117 cm³/mol. The summed E-state index contributed by atoms with van der Waals surface area (Å²) in [5, 5.41) is 7.73. The molecule has 0 fully saturated rings. The Hall–Kier alpha value is -3.12. The largest absolute Gasteiger partial charge is 0.496 e. The Kier molecular flexibility index (Phi) is 7.83. The number of rotatable bonds is 9. The van der Waals surface area contributed by atoms with Crippen LogP contribution in [0.5, 0.6) is 5.75 Å². The number of fused-ring (bicyclic) bond motifs is 1. The lowest BCUT2D eigenvalue weighted by molar-refractivity contribution is 0.123. The highest BCUT2D eigenvalue weighted by atomic mass is 16.5. The van der Waals surface area contributed by atoms with Gasteiger partial charge in [-0.3, -0.25) is 4.98 Å². The molecule has 3 aromatic rings. The van der Waals surface area contributed by atoms with E-state index in [1.54, 1.807) is 7.11 Å². The van der Waals surface area contributed by atoms with Crippen molar-refractivity contribution in [2.45, 2.75) is 20.1 Å². The lowest BCUT2D eigenvalue weighted by atomic mass is 10.1. The van der Waals surface area contributed by atoms with Crippen molar-refractivity contribution in [1.82, 2.24) is 15.6 Å². The first-order chi connectivity index (χ1) is 14.3. The van der Waals surface area contributed by atoms with E-state index in [0.29, 0.717) is 26.3 Å². The Morgan fingerprint density at radius 2 is 1.83 bits per heavy atom. The first kappa shape index (κ1) is 20.6. The summed E-state index contributed by atoms with van der Waals surface area (Å²) in [4.78, 5) is 9.12. The highest BCUT2D eigenvalue weighted by Gasteiger charge is 2.03. The van der Waals surface area contributed by atoms with E-state index in [1.165, 1.54) is 0 Å². The topological polar surface area (TPSA) is 67.8 Å². The third-order valence-corrected chi connectivity index (χ3v) is 4.48. The van der Waals surface area contributed by atoms with Gasteiger partial charge in [-0.05, 0) is 30.7 Å². The van der Waals surface area contributed by atoms with Gasteiger partial charge < -0.3 is 20.1 Å². The maximum atomic E-state index is 5.78. The van der Waals surface area contributed by atoms with Gasteiger partial charge in [0.25, 0.3) is 0 Å². The van der Waals surface area contributed by atoms with Gasteiger partial charge in [-0.2, -0.15) is 0 Å². The number of aliphatic imine (C=N–C) groups is 1. The Morgan fingerprint density at radius 1 is 1.00 bits per heavy atom. The molecule has 0 aliphatic heterocycles. The van der Waals surface area contributed by atoms with Crippen LogP contribution < -0.4 is 15.4 Å². The van der Waals surface area contributed by atoms with Crippen LogP contribution in [0.15, 0.2) is 65.8 Å². The molecule has 0 bridgehead atoms. The molecule has 0 atom stereocenters. The second-order valence-corrected chi connectivity index (χ2v) is 6.47. The number of hydrogen-bond donors (Lipinski definition) is 2. The molecule has 0 amide bonds. The number of ether oxygens (including phenoxy) is 2. The van der Waals surface area contributed by atoms with Gasteiger partial charge in [0.15, 0.2) is 5.96 Å². The lowest BCUT2D eigenvalue weighted by Crippen LogP contribution is -2.39. The fourth-order valence-corrected chi connectivity index (χ4v) is 3.04. The molecule has 3 rings (SSSR count). The SMILES string of the molecule is CCNC(=NCc1ccnc2ccccc12)NCCOCc1ccccc1OC. The summed E-state index contributed by atoms with van der Waals surface area (Å²) in [6.45, 7) is 5.18. The number of pyridine rings is 1. The third-order valence-electron chi connectivity index (χ3n) is 4.48. The molecule has 0 aliphatic rings. The van der Waals surface area contributed by atoms with Crippen molar-refractivity contribution in [2.24, 2.45) is 4.99 Å². The molecule has 0 aliphatic carbocycles. The molecule has 29 heavy (non-hydrogen) atoms. The molecule has 2 aromatic carbocycles. The van der Waals surface area contributed by atoms with E-state index in [-0.39, 0.29) is 0 Å². The van der Waals surface area contributed by atoms with Crippen LogP contribution in [0.2, 0.25) is 0 Å². The molecule has 0 saturated heterocycles. The molecule has 1 aromatic heterocycles. The van der Waals surface area contributed by atoms with Crippen molar-refractivity contribution in [2.75, 3.05) is 26.8 Å². The smallest absolute Gasteiger partial charge is 0.191 e. The molecule has 2 N–H and O–H groups in total. The highest BCUT2D eigenvalue weighted by molar-refractivity contribution is 5.83. The summed E-state index contributed by atoms with van der Waals surface area (Å²) in [6.07, 6.45) is 1.83. The minimum absolute atomic E-state index is 0.516. The maximum absolute atomic E-state index is 5.78. The summed E-state index contributed by atoms with van der Waals surface area (Å²) in [5.74, 6) is 1.62. The molecular formula is C23H28N4O2. The molecule has 0 unspecified atom stereocenters. The standard InChI is InChI=1S/C23H28N4O2/c1-3-24-23(26-14-15-29-17-19-8-4-7-11-22(19)28-2)27-16-18-12-13-25-21-10-6-5-9-20(18)21/h4-13H,3,14-17H2,1-2H3,(H2,24,26,27). The number of guanidine groups is 1. The fraction of sp³-hybridized carbons (Fsp3) is 0.304. The zero-order valence-electron chi connectivity index (χ0n) is 17.0. The van der Waals surface area contributed by atoms with Gasteiger partial charge in [-0.15, -0.1) is 0 Å². The van der Waals surface area contributed by atoms with E-state index < -0.39 is 0 Å². The van der Waals surface area contributed by atoms with Gasteiger partial charge in [0, 0.05) is 30.2 Å². The number of hydrogen-bond acceptors (Lipinski definition) is 4. The van der Waals surface area contributed by atoms with E-state index in [0.717, 1.165) is 40.3 Å². The minimum atomic E-state index is 0.516. The first-order valence-corrected chi connectivity index (χ1v) is 9.86. The summed E-state index contributed by atoms with van der Waals surface area (Å²) in [7, 11) is 1.67.